The Morgan fingerprint density at radius 2 is 1.69 bits per heavy atom. The summed E-state index contributed by atoms with van der Waals surface area (Å²) in [5.41, 5.74) is 0.864. The second-order valence-electron chi connectivity index (χ2n) is 6.58. The maximum atomic E-state index is 12.6. The number of hydrogen-bond donors (Lipinski definition) is 1. The van der Waals surface area contributed by atoms with Gasteiger partial charge in [0.2, 0.25) is 15.9 Å². The van der Waals surface area contributed by atoms with E-state index in [2.05, 4.69) is 16.0 Å². The standard InChI is InChI=1S/C21H23F3N2O5S/c1-3-14-26(15-16-4-6-17(30-2)7-5-16)20(27)12-13-25-32(28,29)19-10-8-18(9-11-19)31-21(22,23)24/h3-11,25H,1,12-15H2,2H3. The second kappa shape index (κ2) is 11.0. The van der Waals surface area contributed by atoms with Gasteiger partial charge in [-0.1, -0.05) is 18.2 Å². The van der Waals surface area contributed by atoms with Crippen LogP contribution in [0, 0.1) is 0 Å². The largest absolute Gasteiger partial charge is 0.573 e. The van der Waals surface area contributed by atoms with Gasteiger partial charge in [0.25, 0.3) is 0 Å². The molecule has 1 amide bonds. The lowest BCUT2D eigenvalue weighted by Crippen LogP contribution is -2.34. The van der Waals surface area contributed by atoms with Gasteiger partial charge < -0.3 is 14.4 Å². The Hall–Kier alpha value is -3.05. The van der Waals surface area contributed by atoms with Crippen molar-refractivity contribution >= 4 is 15.9 Å². The quantitative estimate of drug-likeness (QED) is 0.507. The van der Waals surface area contributed by atoms with Crippen LogP contribution in [0.3, 0.4) is 0 Å². The molecular weight excluding hydrogens is 449 g/mol. The van der Waals surface area contributed by atoms with Crippen LogP contribution in [0.15, 0.2) is 66.1 Å². The molecule has 0 unspecified atom stereocenters. The number of alkyl halides is 3. The Morgan fingerprint density at radius 1 is 1.09 bits per heavy atom. The minimum atomic E-state index is -4.87. The van der Waals surface area contributed by atoms with Crippen molar-refractivity contribution in [2.24, 2.45) is 0 Å². The lowest BCUT2D eigenvalue weighted by atomic mass is 10.2. The van der Waals surface area contributed by atoms with Gasteiger partial charge in [-0.25, -0.2) is 13.1 Å². The summed E-state index contributed by atoms with van der Waals surface area (Å²) in [4.78, 5) is 13.8. The molecule has 0 aliphatic carbocycles. The van der Waals surface area contributed by atoms with Gasteiger partial charge in [-0.05, 0) is 42.0 Å². The van der Waals surface area contributed by atoms with Crippen LogP contribution >= 0.6 is 0 Å². The van der Waals surface area contributed by atoms with Gasteiger partial charge in [0.05, 0.1) is 12.0 Å². The fourth-order valence-corrected chi connectivity index (χ4v) is 3.75. The lowest BCUT2D eigenvalue weighted by molar-refractivity contribution is -0.274. The van der Waals surface area contributed by atoms with E-state index >= 15 is 0 Å². The van der Waals surface area contributed by atoms with Crippen LogP contribution < -0.4 is 14.2 Å². The third kappa shape index (κ3) is 7.89. The number of nitrogens with one attached hydrogen (secondary N) is 1. The van der Waals surface area contributed by atoms with Crippen molar-refractivity contribution in [3.05, 3.63) is 66.7 Å². The molecule has 2 aromatic carbocycles. The summed E-state index contributed by atoms with van der Waals surface area (Å²) in [5, 5.41) is 0. The lowest BCUT2D eigenvalue weighted by Gasteiger charge is -2.21. The number of nitrogens with zero attached hydrogens (tertiary/aromatic N) is 1. The van der Waals surface area contributed by atoms with Crippen LogP contribution in [-0.4, -0.2) is 45.8 Å². The fraction of sp³-hybridized carbons (Fsp3) is 0.286. The third-order valence-electron chi connectivity index (χ3n) is 4.23. The minimum Gasteiger partial charge on any atom is -0.497 e. The van der Waals surface area contributed by atoms with Crippen LogP contribution in [0.1, 0.15) is 12.0 Å². The molecule has 0 spiro atoms. The van der Waals surface area contributed by atoms with E-state index in [-0.39, 0.29) is 30.3 Å². The molecule has 0 heterocycles. The van der Waals surface area contributed by atoms with Gasteiger partial charge in [-0.3, -0.25) is 4.79 Å². The Balaban J connectivity index is 1.93. The molecule has 0 aliphatic rings. The number of carbonyl (C=O) groups is 1. The Labute approximate surface area is 184 Å². The fourth-order valence-electron chi connectivity index (χ4n) is 2.72. The minimum absolute atomic E-state index is 0.113. The highest BCUT2D eigenvalue weighted by Gasteiger charge is 2.31. The Morgan fingerprint density at radius 3 is 2.22 bits per heavy atom. The number of carbonyl (C=O) groups excluding carboxylic acids is 1. The van der Waals surface area contributed by atoms with Gasteiger partial charge in [0.1, 0.15) is 11.5 Å². The molecule has 0 aliphatic heterocycles. The van der Waals surface area contributed by atoms with Crippen LogP contribution in [0.2, 0.25) is 0 Å². The molecule has 2 aromatic rings. The normalized spacial score (nSPS) is 11.6. The van der Waals surface area contributed by atoms with Crippen molar-refractivity contribution in [2.75, 3.05) is 20.2 Å². The SMILES string of the molecule is C=CCN(Cc1ccc(OC)cc1)C(=O)CCNS(=O)(=O)c1ccc(OC(F)(F)F)cc1. The molecule has 0 atom stereocenters. The monoisotopic (exact) mass is 472 g/mol. The maximum Gasteiger partial charge on any atom is 0.573 e. The van der Waals surface area contributed by atoms with E-state index in [0.29, 0.717) is 12.3 Å². The molecule has 7 nitrogen and oxygen atoms in total. The molecule has 32 heavy (non-hydrogen) atoms. The number of halogens is 3. The first-order valence-corrected chi connectivity index (χ1v) is 10.9. The summed E-state index contributed by atoms with van der Waals surface area (Å²) in [5.74, 6) is -0.148. The summed E-state index contributed by atoms with van der Waals surface area (Å²) in [6.45, 7) is 4.04. The highest BCUT2D eigenvalue weighted by Crippen LogP contribution is 2.23. The summed E-state index contributed by atoms with van der Waals surface area (Å²) in [6.07, 6.45) is -3.42. The van der Waals surface area contributed by atoms with Crippen molar-refractivity contribution in [1.29, 1.82) is 0 Å². The molecule has 174 valence electrons. The number of hydrogen-bond acceptors (Lipinski definition) is 5. The van der Waals surface area contributed by atoms with Gasteiger partial charge in [-0.15, -0.1) is 19.8 Å². The topological polar surface area (TPSA) is 84.9 Å². The van der Waals surface area contributed by atoms with E-state index < -0.39 is 22.1 Å². The molecule has 11 heteroatoms. The summed E-state index contributed by atoms with van der Waals surface area (Å²) in [6, 6.07) is 10.9. The first-order valence-electron chi connectivity index (χ1n) is 9.41. The average molecular weight is 472 g/mol. The molecule has 2 rings (SSSR count). The number of sulfonamides is 1. The van der Waals surface area contributed by atoms with Gasteiger partial charge in [0, 0.05) is 26.1 Å². The zero-order valence-electron chi connectivity index (χ0n) is 17.3. The van der Waals surface area contributed by atoms with E-state index in [1.165, 1.54) is 4.90 Å². The summed E-state index contributed by atoms with van der Waals surface area (Å²) >= 11 is 0. The Kier molecular flexibility index (Phi) is 8.67. The van der Waals surface area contributed by atoms with E-state index in [1.54, 1.807) is 25.3 Å². The van der Waals surface area contributed by atoms with Crippen molar-refractivity contribution in [1.82, 2.24) is 9.62 Å². The number of ether oxygens (including phenoxy) is 2. The van der Waals surface area contributed by atoms with E-state index in [4.69, 9.17) is 4.74 Å². The molecule has 0 saturated heterocycles. The zero-order chi connectivity index (χ0) is 23.8. The van der Waals surface area contributed by atoms with Crippen LogP contribution in [0.5, 0.6) is 11.5 Å². The average Bonchev–Trinajstić information content (AvgIpc) is 2.73. The smallest absolute Gasteiger partial charge is 0.497 e. The number of methoxy groups -OCH3 is 1. The van der Waals surface area contributed by atoms with Crippen molar-refractivity contribution in [3.63, 3.8) is 0 Å². The molecule has 0 fully saturated rings. The van der Waals surface area contributed by atoms with E-state index in [9.17, 15) is 26.4 Å². The molecule has 0 bridgehead atoms. The van der Waals surface area contributed by atoms with E-state index in [0.717, 1.165) is 29.8 Å². The van der Waals surface area contributed by atoms with Crippen molar-refractivity contribution in [3.8, 4) is 11.5 Å². The predicted molar refractivity (Wildman–Crippen MR) is 112 cm³/mol. The first-order chi connectivity index (χ1) is 15.0. The van der Waals surface area contributed by atoms with Crippen LogP contribution in [-0.2, 0) is 21.4 Å². The van der Waals surface area contributed by atoms with Crippen LogP contribution in [0.25, 0.3) is 0 Å². The molecule has 0 aromatic heterocycles. The molecule has 0 saturated carbocycles. The Bertz CT molecular complexity index is 1010. The van der Waals surface area contributed by atoms with E-state index in [1.807, 2.05) is 12.1 Å². The second-order valence-corrected chi connectivity index (χ2v) is 8.34. The van der Waals surface area contributed by atoms with Gasteiger partial charge in [0.15, 0.2) is 0 Å². The predicted octanol–water partition coefficient (Wildman–Crippen LogP) is 3.48. The van der Waals surface area contributed by atoms with Crippen LogP contribution in [0.4, 0.5) is 13.2 Å². The molecular formula is C21H23F3N2O5S. The number of rotatable bonds is 11. The first kappa shape index (κ1) is 25.2. The highest BCUT2D eigenvalue weighted by molar-refractivity contribution is 7.89. The van der Waals surface area contributed by atoms with Crippen molar-refractivity contribution in [2.45, 2.75) is 24.2 Å². The maximum absolute atomic E-state index is 12.6. The molecule has 0 radical (unpaired) electrons. The number of benzene rings is 2. The highest BCUT2D eigenvalue weighted by atomic mass is 32.2. The van der Waals surface area contributed by atoms with Gasteiger partial charge in [-0.2, -0.15) is 0 Å². The summed E-state index contributed by atoms with van der Waals surface area (Å²) < 4.78 is 72.4. The van der Waals surface area contributed by atoms with Crippen molar-refractivity contribution < 1.29 is 35.9 Å². The van der Waals surface area contributed by atoms with Gasteiger partial charge >= 0.3 is 6.36 Å². The summed E-state index contributed by atoms with van der Waals surface area (Å²) in [7, 11) is -2.46. The third-order valence-corrected chi connectivity index (χ3v) is 5.71. The molecule has 1 N–H and O–H groups in total. The zero-order valence-corrected chi connectivity index (χ0v) is 18.1. The number of amides is 1.